The molecular weight excluding hydrogens is 267 g/mol. The van der Waals surface area contributed by atoms with Crippen LogP contribution in [0.5, 0.6) is 0 Å². The first kappa shape index (κ1) is 14.1. The van der Waals surface area contributed by atoms with E-state index < -0.39 is 0 Å². The van der Waals surface area contributed by atoms with Crippen LogP contribution in [0.1, 0.15) is 32.1 Å². The monoisotopic (exact) mass is 288 g/mol. The number of ether oxygens (including phenoxy) is 1. The van der Waals surface area contributed by atoms with Crippen LogP contribution in [0, 0.1) is 5.82 Å². The van der Waals surface area contributed by atoms with Gasteiger partial charge in [0.15, 0.2) is 0 Å². The number of hydrogen-bond acceptors (Lipinski definition) is 2. The molecule has 112 valence electrons. The summed E-state index contributed by atoms with van der Waals surface area (Å²) in [5.41, 5.74) is 0.719. The van der Waals surface area contributed by atoms with Crippen LogP contribution in [0.3, 0.4) is 0 Å². The summed E-state index contributed by atoms with van der Waals surface area (Å²) < 4.78 is 18.7. The van der Waals surface area contributed by atoms with E-state index >= 15 is 0 Å². The molecule has 1 aliphatic carbocycles. The number of amidine groups is 1. The molecular formula is C17H21FN2O. The van der Waals surface area contributed by atoms with E-state index in [1.807, 2.05) is 6.08 Å². The average molecular weight is 288 g/mol. The van der Waals surface area contributed by atoms with Crippen molar-refractivity contribution in [3.05, 3.63) is 42.7 Å². The third-order valence-electron chi connectivity index (χ3n) is 4.25. The number of rotatable bonds is 3. The number of hydrogen-bond donors (Lipinski definition) is 0. The summed E-state index contributed by atoms with van der Waals surface area (Å²) in [7, 11) is 0. The summed E-state index contributed by atoms with van der Waals surface area (Å²) in [5, 5.41) is 0. The number of nitrogens with zero attached hydrogens (tertiary/aromatic N) is 2. The van der Waals surface area contributed by atoms with Crippen LogP contribution < -0.4 is 0 Å². The molecule has 1 heterocycles. The fraction of sp³-hybridized carbons (Fsp3) is 0.471. The van der Waals surface area contributed by atoms with Crippen LogP contribution in [0.15, 0.2) is 41.9 Å². The Balaban J connectivity index is 1.84. The molecule has 21 heavy (non-hydrogen) atoms. The molecule has 2 aliphatic rings. The van der Waals surface area contributed by atoms with E-state index in [2.05, 4.69) is 16.5 Å². The number of aliphatic imine (C=N–C) groups is 1. The Bertz CT molecular complexity index is 520. The fourth-order valence-corrected chi connectivity index (χ4v) is 3.14. The molecule has 1 aromatic carbocycles. The van der Waals surface area contributed by atoms with Gasteiger partial charge in [0.05, 0.1) is 11.7 Å². The molecule has 0 spiro atoms. The molecule has 0 radical (unpaired) electrons. The van der Waals surface area contributed by atoms with Gasteiger partial charge in [0.1, 0.15) is 12.4 Å². The molecule has 0 bridgehead atoms. The zero-order chi connectivity index (χ0) is 14.7. The first-order valence-corrected chi connectivity index (χ1v) is 7.66. The lowest BCUT2D eigenvalue weighted by molar-refractivity contribution is 0.233. The van der Waals surface area contributed by atoms with Gasteiger partial charge in [-0.2, -0.15) is 4.99 Å². The van der Waals surface area contributed by atoms with Crippen molar-refractivity contribution in [1.82, 2.24) is 4.90 Å². The van der Waals surface area contributed by atoms with Crippen LogP contribution in [0.25, 0.3) is 0 Å². The molecule has 3 nitrogen and oxygen atoms in total. The zero-order valence-electron chi connectivity index (χ0n) is 12.2. The van der Waals surface area contributed by atoms with Crippen LogP contribution in [0.4, 0.5) is 10.1 Å². The lowest BCUT2D eigenvalue weighted by Gasteiger charge is -2.33. The van der Waals surface area contributed by atoms with Crippen molar-refractivity contribution >= 4 is 11.7 Å². The lowest BCUT2D eigenvalue weighted by atomic mass is 9.93. The highest BCUT2D eigenvalue weighted by Gasteiger charge is 2.35. The first-order valence-electron chi connectivity index (χ1n) is 7.66. The van der Waals surface area contributed by atoms with Crippen molar-refractivity contribution in [2.24, 2.45) is 4.99 Å². The predicted octanol–water partition coefficient (Wildman–Crippen LogP) is 4.03. The molecule has 1 atom stereocenters. The molecule has 1 saturated carbocycles. The van der Waals surface area contributed by atoms with Crippen molar-refractivity contribution in [2.75, 3.05) is 6.61 Å². The van der Waals surface area contributed by atoms with Gasteiger partial charge >= 0.3 is 0 Å². The van der Waals surface area contributed by atoms with Gasteiger partial charge in [-0.1, -0.05) is 25.3 Å². The molecule has 1 unspecified atom stereocenters. The largest absolute Gasteiger partial charge is 0.462 e. The summed E-state index contributed by atoms with van der Waals surface area (Å²) in [6, 6.07) is 7.50. The van der Waals surface area contributed by atoms with Crippen LogP contribution in [0.2, 0.25) is 0 Å². The SMILES string of the molecule is C=CC1COC(=Nc2ccc(F)cc2)N1C1CCCCC1. The molecule has 2 fully saturated rings. The van der Waals surface area contributed by atoms with Crippen LogP contribution in [-0.2, 0) is 4.74 Å². The zero-order valence-corrected chi connectivity index (χ0v) is 12.2. The quantitative estimate of drug-likeness (QED) is 0.784. The summed E-state index contributed by atoms with van der Waals surface area (Å²) in [5.74, 6) is -0.251. The first-order chi connectivity index (χ1) is 10.3. The third kappa shape index (κ3) is 3.09. The predicted molar refractivity (Wildman–Crippen MR) is 82.1 cm³/mol. The minimum Gasteiger partial charge on any atom is -0.462 e. The maximum Gasteiger partial charge on any atom is 0.293 e. The highest BCUT2D eigenvalue weighted by atomic mass is 19.1. The summed E-state index contributed by atoms with van der Waals surface area (Å²) in [6.45, 7) is 4.51. The molecule has 4 heteroatoms. The van der Waals surface area contributed by atoms with Crippen LogP contribution >= 0.6 is 0 Å². The smallest absolute Gasteiger partial charge is 0.293 e. The topological polar surface area (TPSA) is 24.8 Å². The Kier molecular flexibility index (Phi) is 4.23. The van der Waals surface area contributed by atoms with E-state index in [0.717, 1.165) is 5.69 Å². The van der Waals surface area contributed by atoms with Gasteiger partial charge < -0.3 is 9.64 Å². The Labute approximate surface area is 125 Å². The van der Waals surface area contributed by atoms with Crippen molar-refractivity contribution in [3.8, 4) is 0 Å². The van der Waals surface area contributed by atoms with Gasteiger partial charge in [-0.15, -0.1) is 6.58 Å². The maximum absolute atomic E-state index is 13.0. The molecule has 3 rings (SSSR count). The van der Waals surface area contributed by atoms with Crippen LogP contribution in [-0.4, -0.2) is 29.6 Å². The van der Waals surface area contributed by atoms with E-state index in [1.54, 1.807) is 12.1 Å². The Morgan fingerprint density at radius 3 is 2.57 bits per heavy atom. The van der Waals surface area contributed by atoms with E-state index in [0.29, 0.717) is 18.7 Å². The number of halogens is 1. The molecule has 1 aromatic rings. The van der Waals surface area contributed by atoms with Gasteiger partial charge in [-0.25, -0.2) is 4.39 Å². The summed E-state index contributed by atoms with van der Waals surface area (Å²) >= 11 is 0. The van der Waals surface area contributed by atoms with Crippen molar-refractivity contribution in [3.63, 3.8) is 0 Å². The number of benzene rings is 1. The molecule has 0 N–H and O–H groups in total. The minimum atomic E-state index is -0.251. The average Bonchev–Trinajstić information content (AvgIpc) is 2.93. The highest BCUT2D eigenvalue weighted by Crippen LogP contribution is 2.29. The molecule has 0 amide bonds. The van der Waals surface area contributed by atoms with Crippen molar-refractivity contribution < 1.29 is 9.13 Å². The summed E-state index contributed by atoms with van der Waals surface area (Å²) in [6.07, 6.45) is 8.12. The van der Waals surface area contributed by atoms with Gasteiger partial charge in [0, 0.05) is 6.04 Å². The molecule has 0 aromatic heterocycles. The normalized spacial score (nSPS) is 25.1. The second kappa shape index (κ2) is 6.29. The van der Waals surface area contributed by atoms with Crippen molar-refractivity contribution in [2.45, 2.75) is 44.2 Å². The van der Waals surface area contributed by atoms with E-state index in [1.165, 1.54) is 44.2 Å². The van der Waals surface area contributed by atoms with Crippen molar-refractivity contribution in [1.29, 1.82) is 0 Å². The van der Waals surface area contributed by atoms with E-state index in [4.69, 9.17) is 4.74 Å². The molecule has 1 saturated heterocycles. The van der Waals surface area contributed by atoms with E-state index in [9.17, 15) is 4.39 Å². The summed E-state index contributed by atoms with van der Waals surface area (Å²) in [4.78, 5) is 6.82. The minimum absolute atomic E-state index is 0.187. The van der Waals surface area contributed by atoms with Gasteiger partial charge in [-0.3, -0.25) is 0 Å². The second-order valence-electron chi connectivity index (χ2n) is 5.68. The van der Waals surface area contributed by atoms with Gasteiger partial charge in [0.25, 0.3) is 6.02 Å². The maximum atomic E-state index is 13.0. The fourth-order valence-electron chi connectivity index (χ4n) is 3.14. The second-order valence-corrected chi connectivity index (χ2v) is 5.68. The molecule has 1 aliphatic heterocycles. The Morgan fingerprint density at radius 2 is 1.90 bits per heavy atom. The highest BCUT2D eigenvalue weighted by molar-refractivity contribution is 5.79. The van der Waals surface area contributed by atoms with E-state index in [-0.39, 0.29) is 11.9 Å². The third-order valence-corrected chi connectivity index (χ3v) is 4.25. The standard InChI is InChI=1S/C17H21FN2O/c1-2-15-12-21-17(19-14-10-8-13(18)9-11-14)20(15)16-6-4-3-5-7-16/h2,8-11,15-16H,1,3-7,12H2. The Hall–Kier alpha value is -1.84. The lowest BCUT2D eigenvalue weighted by Crippen LogP contribution is -2.42. The van der Waals surface area contributed by atoms with Gasteiger partial charge in [-0.05, 0) is 37.1 Å². The van der Waals surface area contributed by atoms with Gasteiger partial charge in [0.2, 0.25) is 0 Å². The Morgan fingerprint density at radius 1 is 1.19 bits per heavy atom.